The number of hydrogen-bond donors (Lipinski definition) is 0. The average molecular weight is 260 g/mol. The fourth-order valence-corrected chi connectivity index (χ4v) is 2.20. The van der Waals surface area contributed by atoms with Crippen molar-refractivity contribution in [1.82, 2.24) is 0 Å². The maximum Gasteiger partial charge on any atom is 0.233 e. The van der Waals surface area contributed by atoms with Gasteiger partial charge in [0.1, 0.15) is 10.1 Å². The van der Waals surface area contributed by atoms with Crippen LogP contribution in [0.2, 0.25) is 0 Å². The Balaban J connectivity index is 0.00000144. The molecule has 0 unspecified atom stereocenters. The number of rotatable bonds is 1. The number of Topliss-reactive ketones (excluding diaryl/α,β-unsaturated/α-hetero) is 1. The van der Waals surface area contributed by atoms with Crippen LogP contribution in [0.4, 0.5) is 0 Å². The average Bonchev–Trinajstić information content (AvgIpc) is 2.22. The predicted octanol–water partition coefficient (Wildman–Crippen LogP) is -0.0427. The van der Waals surface area contributed by atoms with Gasteiger partial charge in [0.15, 0.2) is 0 Å². The number of hydrogen-bond acceptors (Lipinski definition) is 5. The van der Waals surface area contributed by atoms with Crippen molar-refractivity contribution in [3.8, 4) is 0 Å². The third-order valence-corrected chi connectivity index (χ3v) is 3.07. The molecule has 5 nitrogen and oxygen atoms in total. The number of benzene rings is 1. The van der Waals surface area contributed by atoms with Crippen LogP contribution in [0, 0.1) is 0 Å². The summed E-state index contributed by atoms with van der Waals surface area (Å²) in [4.78, 5) is 21.9. The number of ketones is 2. The van der Waals surface area contributed by atoms with E-state index >= 15 is 0 Å². The van der Waals surface area contributed by atoms with Crippen LogP contribution in [0.25, 0.3) is 4.91 Å². The molecular formula is C10H5NaO5S-. The van der Waals surface area contributed by atoms with Crippen molar-refractivity contribution < 1.29 is 22.6 Å². The molecule has 1 aliphatic rings. The van der Waals surface area contributed by atoms with Gasteiger partial charge in [-0.15, -0.1) is 0 Å². The summed E-state index contributed by atoms with van der Waals surface area (Å²) in [5.41, 5.74) is -0.0634. The SMILES string of the molecule is O=C1C=C(S(=O)(=O)[O-])c2ccccc2C1=O.[Na]. The summed E-state index contributed by atoms with van der Waals surface area (Å²) in [7, 11) is -4.76. The molecule has 7 heteroatoms. The zero-order valence-electron chi connectivity index (χ0n) is 8.84. The van der Waals surface area contributed by atoms with E-state index in [1.807, 2.05) is 0 Å². The monoisotopic (exact) mass is 260 g/mol. The normalized spacial score (nSPS) is 14.8. The third-order valence-electron chi connectivity index (χ3n) is 2.19. The van der Waals surface area contributed by atoms with E-state index in [1.54, 1.807) is 0 Å². The summed E-state index contributed by atoms with van der Waals surface area (Å²) in [6, 6.07) is 5.61. The first-order chi connectivity index (χ1) is 7.41. The Hall–Kier alpha value is -0.790. The number of carbonyl (C=O) groups is 2. The second-order valence-electron chi connectivity index (χ2n) is 3.20. The van der Waals surface area contributed by atoms with Gasteiger partial charge in [0.05, 0.1) is 4.91 Å². The van der Waals surface area contributed by atoms with Crippen molar-refractivity contribution in [3.63, 3.8) is 0 Å². The molecule has 0 bridgehead atoms. The minimum Gasteiger partial charge on any atom is -0.744 e. The molecule has 0 amide bonds. The van der Waals surface area contributed by atoms with Crippen LogP contribution >= 0.6 is 0 Å². The van der Waals surface area contributed by atoms with Gasteiger partial charge in [0, 0.05) is 46.8 Å². The van der Waals surface area contributed by atoms with Gasteiger partial charge in [0.25, 0.3) is 0 Å². The number of fused-ring (bicyclic) bond motifs is 1. The molecule has 0 saturated carbocycles. The summed E-state index contributed by atoms with van der Waals surface area (Å²) in [5.74, 6) is -1.80. The van der Waals surface area contributed by atoms with Crippen LogP contribution < -0.4 is 0 Å². The summed E-state index contributed by atoms with van der Waals surface area (Å²) < 4.78 is 32.7. The van der Waals surface area contributed by atoms with Gasteiger partial charge in [-0.3, -0.25) is 9.59 Å². The quantitative estimate of drug-likeness (QED) is 0.401. The van der Waals surface area contributed by atoms with E-state index in [2.05, 4.69) is 0 Å². The molecular weight excluding hydrogens is 255 g/mol. The van der Waals surface area contributed by atoms with Gasteiger partial charge in [-0.2, -0.15) is 0 Å². The Morgan fingerprint density at radius 2 is 1.53 bits per heavy atom. The Morgan fingerprint density at radius 3 is 2.06 bits per heavy atom. The molecule has 83 valence electrons. The molecule has 0 aromatic heterocycles. The molecule has 0 fully saturated rings. The van der Waals surface area contributed by atoms with Crippen LogP contribution in [0.3, 0.4) is 0 Å². The van der Waals surface area contributed by atoms with Crippen molar-refractivity contribution in [3.05, 3.63) is 41.5 Å². The zero-order chi connectivity index (χ0) is 11.9. The van der Waals surface area contributed by atoms with E-state index in [9.17, 15) is 22.6 Å². The molecule has 0 spiro atoms. The van der Waals surface area contributed by atoms with Crippen molar-refractivity contribution in [2.75, 3.05) is 0 Å². The summed E-state index contributed by atoms with van der Waals surface area (Å²) in [6.45, 7) is 0. The maximum absolute atomic E-state index is 11.4. The van der Waals surface area contributed by atoms with Crippen LogP contribution in [0.15, 0.2) is 30.3 Å². The fourth-order valence-electron chi connectivity index (χ4n) is 1.50. The van der Waals surface area contributed by atoms with Gasteiger partial charge in [-0.05, 0) is 0 Å². The number of carbonyl (C=O) groups excluding carboxylic acids is 2. The van der Waals surface area contributed by atoms with E-state index in [4.69, 9.17) is 0 Å². The predicted molar refractivity (Wildman–Crippen MR) is 59.2 cm³/mol. The van der Waals surface area contributed by atoms with Gasteiger partial charge < -0.3 is 4.55 Å². The summed E-state index contributed by atoms with van der Waals surface area (Å²) >= 11 is 0. The molecule has 0 N–H and O–H groups in total. The molecule has 2 rings (SSSR count). The maximum atomic E-state index is 11.4. The fraction of sp³-hybridized carbons (Fsp3) is 0. The standard InChI is InChI=1S/C10H6O5S.Na/c11-8-5-9(16(13,14)15)6-3-1-2-4-7(6)10(8)12;/h1-5H,(H,13,14,15);/p-1. The number of allylic oxidation sites excluding steroid dienone is 1. The van der Waals surface area contributed by atoms with Gasteiger partial charge in [-0.25, -0.2) is 8.42 Å². The summed E-state index contributed by atoms with van der Waals surface area (Å²) in [5, 5.41) is 0. The van der Waals surface area contributed by atoms with Gasteiger partial charge in [-0.1, -0.05) is 24.3 Å². The topological polar surface area (TPSA) is 91.3 Å². The Bertz CT molecular complexity index is 630. The van der Waals surface area contributed by atoms with E-state index in [0.717, 1.165) is 0 Å². The van der Waals surface area contributed by atoms with Gasteiger partial charge in [0.2, 0.25) is 11.6 Å². The van der Waals surface area contributed by atoms with E-state index in [-0.39, 0.29) is 40.7 Å². The molecule has 17 heavy (non-hydrogen) atoms. The van der Waals surface area contributed by atoms with Crippen LogP contribution in [-0.2, 0) is 14.9 Å². The molecule has 1 radical (unpaired) electrons. The van der Waals surface area contributed by atoms with Crippen molar-refractivity contribution in [2.24, 2.45) is 0 Å². The van der Waals surface area contributed by atoms with Crippen molar-refractivity contribution >= 4 is 56.1 Å². The molecule has 0 atom stereocenters. The van der Waals surface area contributed by atoms with E-state index < -0.39 is 26.6 Å². The first-order valence-corrected chi connectivity index (χ1v) is 5.68. The molecule has 1 aromatic carbocycles. The second kappa shape index (κ2) is 4.83. The van der Waals surface area contributed by atoms with Crippen LogP contribution in [0.1, 0.15) is 15.9 Å². The zero-order valence-corrected chi connectivity index (χ0v) is 11.7. The Kier molecular flexibility index (Phi) is 4.06. The largest absolute Gasteiger partial charge is 0.744 e. The third kappa shape index (κ3) is 2.56. The van der Waals surface area contributed by atoms with Crippen LogP contribution in [0.5, 0.6) is 0 Å². The van der Waals surface area contributed by atoms with E-state index in [0.29, 0.717) is 6.08 Å². The molecule has 1 aromatic rings. The molecule has 1 aliphatic carbocycles. The Labute approximate surface area is 120 Å². The Morgan fingerprint density at radius 1 is 1.00 bits per heavy atom. The smallest absolute Gasteiger partial charge is 0.233 e. The molecule has 0 aliphatic heterocycles. The first-order valence-electron chi connectivity index (χ1n) is 4.27. The minimum atomic E-state index is -4.76. The van der Waals surface area contributed by atoms with Gasteiger partial charge >= 0.3 is 0 Å². The first kappa shape index (κ1) is 14.3. The van der Waals surface area contributed by atoms with E-state index in [1.165, 1.54) is 24.3 Å². The second-order valence-corrected chi connectivity index (χ2v) is 4.55. The summed E-state index contributed by atoms with van der Waals surface area (Å²) in [6.07, 6.45) is 0.576. The molecule has 0 saturated heterocycles. The minimum absolute atomic E-state index is 0. The van der Waals surface area contributed by atoms with Crippen LogP contribution in [-0.4, -0.2) is 54.1 Å². The molecule has 0 heterocycles. The van der Waals surface area contributed by atoms with Crippen molar-refractivity contribution in [1.29, 1.82) is 0 Å². The van der Waals surface area contributed by atoms with Crippen molar-refractivity contribution in [2.45, 2.75) is 0 Å².